The van der Waals surface area contributed by atoms with Crippen molar-refractivity contribution in [2.75, 3.05) is 39.3 Å². The second-order valence-corrected chi connectivity index (χ2v) is 6.42. The van der Waals surface area contributed by atoms with Crippen LogP contribution in [0.5, 0.6) is 0 Å². The molecule has 3 rings (SSSR count). The van der Waals surface area contributed by atoms with Crippen molar-refractivity contribution in [1.29, 1.82) is 0 Å². The molecular formula is C14H22ClN5OS. The quantitative estimate of drug-likeness (QED) is 0.869. The van der Waals surface area contributed by atoms with Crippen LogP contribution in [0.3, 0.4) is 0 Å². The number of thiophene rings is 1. The van der Waals surface area contributed by atoms with E-state index in [1.807, 2.05) is 24.7 Å². The van der Waals surface area contributed by atoms with Crippen molar-refractivity contribution in [2.24, 2.45) is 7.05 Å². The molecule has 1 amide bonds. The SMILES string of the molecule is Cc1nn(C)c2sc(C(=O)NCCN3CCNCC3)cc12.Cl. The molecule has 1 aliphatic heterocycles. The van der Waals surface area contributed by atoms with E-state index in [2.05, 4.69) is 20.6 Å². The van der Waals surface area contributed by atoms with Gasteiger partial charge >= 0.3 is 0 Å². The lowest BCUT2D eigenvalue weighted by atomic mass is 10.3. The van der Waals surface area contributed by atoms with E-state index in [1.165, 1.54) is 11.3 Å². The third kappa shape index (κ3) is 3.60. The molecule has 0 saturated carbocycles. The summed E-state index contributed by atoms with van der Waals surface area (Å²) >= 11 is 1.50. The van der Waals surface area contributed by atoms with E-state index in [-0.39, 0.29) is 18.3 Å². The molecule has 0 unspecified atom stereocenters. The highest BCUT2D eigenvalue weighted by molar-refractivity contribution is 7.20. The number of nitrogens with one attached hydrogen (secondary N) is 2. The van der Waals surface area contributed by atoms with E-state index in [0.717, 1.165) is 53.5 Å². The summed E-state index contributed by atoms with van der Waals surface area (Å²) in [5.74, 6) is 0.0192. The monoisotopic (exact) mass is 343 g/mol. The smallest absolute Gasteiger partial charge is 0.261 e. The molecule has 122 valence electrons. The lowest BCUT2D eigenvalue weighted by molar-refractivity contribution is 0.0951. The second kappa shape index (κ2) is 7.41. The first-order valence-electron chi connectivity index (χ1n) is 7.29. The van der Waals surface area contributed by atoms with Crippen molar-refractivity contribution >= 4 is 39.9 Å². The average molecular weight is 344 g/mol. The minimum absolute atomic E-state index is 0. The van der Waals surface area contributed by atoms with Crippen molar-refractivity contribution in [3.05, 3.63) is 16.6 Å². The molecule has 8 heteroatoms. The summed E-state index contributed by atoms with van der Waals surface area (Å²) in [6.45, 7) is 7.78. The van der Waals surface area contributed by atoms with Crippen LogP contribution in [0, 0.1) is 6.92 Å². The Balaban J connectivity index is 0.00000176. The largest absolute Gasteiger partial charge is 0.350 e. The average Bonchev–Trinajstić information content (AvgIpc) is 3.03. The van der Waals surface area contributed by atoms with Gasteiger partial charge in [0.2, 0.25) is 0 Å². The molecule has 0 aromatic carbocycles. The summed E-state index contributed by atoms with van der Waals surface area (Å²) in [6.07, 6.45) is 0. The number of aromatic nitrogens is 2. The van der Waals surface area contributed by atoms with Crippen LogP contribution in [0.25, 0.3) is 10.2 Å². The van der Waals surface area contributed by atoms with Gasteiger partial charge in [-0.1, -0.05) is 0 Å². The molecule has 2 aromatic rings. The topological polar surface area (TPSA) is 62.2 Å². The zero-order valence-electron chi connectivity index (χ0n) is 12.9. The van der Waals surface area contributed by atoms with Crippen LogP contribution in [-0.2, 0) is 7.05 Å². The second-order valence-electron chi connectivity index (χ2n) is 5.39. The first-order valence-corrected chi connectivity index (χ1v) is 8.11. The van der Waals surface area contributed by atoms with Gasteiger partial charge in [0.15, 0.2) is 0 Å². The van der Waals surface area contributed by atoms with Gasteiger partial charge in [0.25, 0.3) is 5.91 Å². The van der Waals surface area contributed by atoms with Crippen LogP contribution in [0.15, 0.2) is 6.07 Å². The molecule has 0 aliphatic carbocycles. The number of rotatable bonds is 4. The first-order chi connectivity index (χ1) is 10.1. The molecule has 3 heterocycles. The van der Waals surface area contributed by atoms with Gasteiger partial charge in [0.1, 0.15) is 4.83 Å². The number of hydrogen-bond acceptors (Lipinski definition) is 5. The lowest BCUT2D eigenvalue weighted by Crippen LogP contribution is -2.46. The number of fused-ring (bicyclic) bond motifs is 1. The van der Waals surface area contributed by atoms with E-state index in [4.69, 9.17) is 0 Å². The molecule has 0 radical (unpaired) electrons. The van der Waals surface area contributed by atoms with Crippen molar-refractivity contribution in [1.82, 2.24) is 25.3 Å². The zero-order valence-corrected chi connectivity index (χ0v) is 14.5. The molecule has 1 fully saturated rings. The van der Waals surface area contributed by atoms with E-state index in [1.54, 1.807) is 0 Å². The lowest BCUT2D eigenvalue weighted by Gasteiger charge is -2.26. The van der Waals surface area contributed by atoms with Gasteiger partial charge in [0.05, 0.1) is 10.6 Å². The summed E-state index contributed by atoms with van der Waals surface area (Å²) < 4.78 is 1.84. The molecule has 22 heavy (non-hydrogen) atoms. The van der Waals surface area contributed by atoms with Crippen molar-refractivity contribution in [3.63, 3.8) is 0 Å². The van der Waals surface area contributed by atoms with Gasteiger partial charge in [-0.3, -0.25) is 14.4 Å². The Morgan fingerprint density at radius 2 is 2.18 bits per heavy atom. The Hall–Kier alpha value is -1.15. The van der Waals surface area contributed by atoms with E-state index in [0.29, 0.717) is 6.54 Å². The summed E-state index contributed by atoms with van der Waals surface area (Å²) in [4.78, 5) is 16.4. The molecular weight excluding hydrogens is 322 g/mol. The maximum atomic E-state index is 12.2. The van der Waals surface area contributed by atoms with Gasteiger partial charge in [-0.05, 0) is 13.0 Å². The Labute approximate surface area is 140 Å². The van der Waals surface area contributed by atoms with Crippen molar-refractivity contribution < 1.29 is 4.79 Å². The Kier molecular flexibility index (Phi) is 5.80. The van der Waals surface area contributed by atoms with Gasteiger partial charge in [-0.2, -0.15) is 5.10 Å². The summed E-state index contributed by atoms with van der Waals surface area (Å²) in [5, 5.41) is 11.8. The predicted octanol–water partition coefficient (Wildman–Crippen LogP) is 1.00. The van der Waals surface area contributed by atoms with Crippen LogP contribution >= 0.6 is 23.7 Å². The van der Waals surface area contributed by atoms with Crippen molar-refractivity contribution in [2.45, 2.75) is 6.92 Å². The highest BCUT2D eigenvalue weighted by atomic mass is 35.5. The number of amides is 1. The molecule has 0 bridgehead atoms. The first kappa shape index (κ1) is 17.2. The molecule has 6 nitrogen and oxygen atoms in total. The molecule has 1 aliphatic rings. The highest BCUT2D eigenvalue weighted by Gasteiger charge is 2.15. The van der Waals surface area contributed by atoms with Gasteiger partial charge in [0, 0.05) is 51.7 Å². The highest BCUT2D eigenvalue weighted by Crippen LogP contribution is 2.27. The number of hydrogen-bond donors (Lipinski definition) is 2. The number of halogens is 1. The minimum atomic E-state index is 0. The standard InChI is InChI=1S/C14H21N5OS.ClH/c1-10-11-9-12(21-14(11)18(2)17-10)13(20)16-5-8-19-6-3-15-4-7-19;/h9,15H,3-8H2,1-2H3,(H,16,20);1H. The maximum absolute atomic E-state index is 12.2. The van der Waals surface area contributed by atoms with Gasteiger partial charge < -0.3 is 10.6 Å². The van der Waals surface area contributed by atoms with Gasteiger partial charge in [-0.25, -0.2) is 0 Å². The van der Waals surface area contributed by atoms with E-state index < -0.39 is 0 Å². The molecule has 0 spiro atoms. The Bertz CT molecular complexity index is 612. The van der Waals surface area contributed by atoms with Crippen LogP contribution < -0.4 is 10.6 Å². The summed E-state index contributed by atoms with van der Waals surface area (Å²) in [5.41, 5.74) is 0.976. The molecule has 0 atom stereocenters. The fraction of sp³-hybridized carbons (Fsp3) is 0.571. The normalized spacial score (nSPS) is 15.7. The third-order valence-corrected chi connectivity index (χ3v) is 5.04. The molecule has 2 N–H and O–H groups in total. The minimum Gasteiger partial charge on any atom is -0.350 e. The summed E-state index contributed by atoms with van der Waals surface area (Å²) in [7, 11) is 1.91. The fourth-order valence-corrected chi connectivity index (χ4v) is 3.71. The Morgan fingerprint density at radius 3 is 2.86 bits per heavy atom. The number of piperazine rings is 1. The van der Waals surface area contributed by atoms with Crippen LogP contribution in [0.4, 0.5) is 0 Å². The number of nitrogens with zero attached hydrogens (tertiary/aromatic N) is 3. The molecule has 2 aromatic heterocycles. The number of aryl methyl sites for hydroxylation is 2. The fourth-order valence-electron chi connectivity index (χ4n) is 2.67. The van der Waals surface area contributed by atoms with Crippen LogP contribution in [0.1, 0.15) is 15.4 Å². The number of carbonyl (C=O) groups excluding carboxylic acids is 1. The van der Waals surface area contributed by atoms with E-state index in [9.17, 15) is 4.79 Å². The number of carbonyl (C=O) groups is 1. The third-order valence-electron chi connectivity index (χ3n) is 3.84. The van der Waals surface area contributed by atoms with Crippen LogP contribution in [-0.4, -0.2) is 59.9 Å². The zero-order chi connectivity index (χ0) is 14.8. The van der Waals surface area contributed by atoms with Gasteiger partial charge in [-0.15, -0.1) is 23.7 Å². The molecule has 1 saturated heterocycles. The van der Waals surface area contributed by atoms with Crippen molar-refractivity contribution in [3.8, 4) is 0 Å². The predicted molar refractivity (Wildman–Crippen MR) is 92.2 cm³/mol. The van der Waals surface area contributed by atoms with E-state index >= 15 is 0 Å². The Morgan fingerprint density at radius 1 is 1.45 bits per heavy atom. The van der Waals surface area contributed by atoms with Crippen LogP contribution in [0.2, 0.25) is 0 Å². The maximum Gasteiger partial charge on any atom is 0.261 e. The summed E-state index contributed by atoms with van der Waals surface area (Å²) in [6, 6.07) is 1.95.